The van der Waals surface area contributed by atoms with E-state index >= 15 is 0 Å². The van der Waals surface area contributed by atoms with Gasteiger partial charge in [-0.3, -0.25) is 4.79 Å². The summed E-state index contributed by atoms with van der Waals surface area (Å²) in [6.45, 7) is 1.62. The molecule has 5 heteroatoms. The third-order valence-electron chi connectivity index (χ3n) is 4.65. The maximum Gasteiger partial charge on any atom is 0.267 e. The van der Waals surface area contributed by atoms with E-state index in [0.717, 1.165) is 36.4 Å². The number of ether oxygens (including phenoxy) is 1. The molecule has 128 valence electrons. The van der Waals surface area contributed by atoms with E-state index in [2.05, 4.69) is 31.1 Å². The van der Waals surface area contributed by atoms with Crippen molar-refractivity contribution in [2.45, 2.75) is 18.9 Å². The summed E-state index contributed by atoms with van der Waals surface area (Å²) in [5.74, 6) is 0.773. The van der Waals surface area contributed by atoms with Gasteiger partial charge in [-0.15, -0.1) is 11.3 Å². The van der Waals surface area contributed by atoms with Gasteiger partial charge in [0.1, 0.15) is 10.6 Å². The summed E-state index contributed by atoms with van der Waals surface area (Å²) in [7, 11) is 5.85. The second kappa shape index (κ2) is 7.36. The fraction of sp³-hybridized carbons (Fsp3) is 0.421. The van der Waals surface area contributed by atoms with Crippen LogP contribution in [0.5, 0.6) is 5.75 Å². The molecule has 0 spiro atoms. The summed E-state index contributed by atoms with van der Waals surface area (Å²) < 4.78 is 5.47. The van der Waals surface area contributed by atoms with Crippen LogP contribution in [0.25, 0.3) is 10.4 Å². The average Bonchev–Trinajstić information content (AvgIpc) is 3.06. The van der Waals surface area contributed by atoms with E-state index in [0.29, 0.717) is 16.7 Å². The van der Waals surface area contributed by atoms with Gasteiger partial charge in [-0.1, -0.05) is 30.3 Å². The number of methoxy groups -OCH3 is 1. The summed E-state index contributed by atoms with van der Waals surface area (Å²) in [5.41, 5.74) is 1.12. The molecule has 1 aromatic carbocycles. The molecule has 3 rings (SSSR count). The largest absolute Gasteiger partial charge is 0.495 e. The maximum absolute atomic E-state index is 12.9. The van der Waals surface area contributed by atoms with Crippen LogP contribution >= 0.6 is 11.3 Å². The number of rotatable bonds is 4. The first-order valence-electron chi connectivity index (χ1n) is 8.29. The number of benzene rings is 1. The molecular weight excluding hydrogens is 320 g/mol. The smallest absolute Gasteiger partial charge is 0.267 e. The highest BCUT2D eigenvalue weighted by Crippen LogP contribution is 2.37. The van der Waals surface area contributed by atoms with Crippen LogP contribution in [-0.4, -0.2) is 56.0 Å². The quantitative estimate of drug-likeness (QED) is 0.850. The highest BCUT2D eigenvalue weighted by molar-refractivity contribution is 7.17. The summed E-state index contributed by atoms with van der Waals surface area (Å²) >= 11 is 1.52. The molecule has 0 unspecified atom stereocenters. The molecule has 0 aliphatic carbocycles. The van der Waals surface area contributed by atoms with Crippen LogP contribution in [0.1, 0.15) is 22.5 Å². The Morgan fingerprint density at radius 2 is 1.88 bits per heavy atom. The molecule has 1 aliphatic heterocycles. The molecule has 0 radical (unpaired) electrons. The lowest BCUT2D eigenvalue weighted by Crippen LogP contribution is -2.44. The molecule has 0 bridgehead atoms. The van der Waals surface area contributed by atoms with Gasteiger partial charge in [-0.05, 0) is 38.6 Å². The van der Waals surface area contributed by atoms with E-state index < -0.39 is 0 Å². The summed E-state index contributed by atoms with van der Waals surface area (Å²) in [6, 6.07) is 12.7. The topological polar surface area (TPSA) is 32.8 Å². The molecular formula is C19H24N2O2S. The van der Waals surface area contributed by atoms with Gasteiger partial charge >= 0.3 is 0 Å². The number of likely N-dealkylation sites (tertiary alicyclic amines) is 1. The summed E-state index contributed by atoms with van der Waals surface area (Å²) in [6.07, 6.45) is 2.05. The second-order valence-electron chi connectivity index (χ2n) is 6.36. The normalized spacial score (nSPS) is 15.8. The molecule has 0 saturated carbocycles. The average molecular weight is 344 g/mol. The lowest BCUT2D eigenvalue weighted by Gasteiger charge is -2.35. The predicted molar refractivity (Wildman–Crippen MR) is 98.9 cm³/mol. The van der Waals surface area contributed by atoms with E-state index in [9.17, 15) is 4.79 Å². The van der Waals surface area contributed by atoms with Gasteiger partial charge in [0.15, 0.2) is 0 Å². The van der Waals surface area contributed by atoms with Crippen molar-refractivity contribution in [3.8, 4) is 16.2 Å². The predicted octanol–water partition coefficient (Wildman–Crippen LogP) is 3.59. The van der Waals surface area contributed by atoms with E-state index in [1.165, 1.54) is 11.3 Å². The molecule has 0 N–H and O–H groups in total. The van der Waals surface area contributed by atoms with Crippen molar-refractivity contribution in [1.29, 1.82) is 0 Å². The first-order valence-corrected chi connectivity index (χ1v) is 9.10. The first-order chi connectivity index (χ1) is 11.6. The number of hydrogen-bond donors (Lipinski definition) is 0. The van der Waals surface area contributed by atoms with Crippen LogP contribution in [0.2, 0.25) is 0 Å². The molecule has 1 saturated heterocycles. The zero-order valence-corrected chi connectivity index (χ0v) is 15.3. The molecule has 1 amide bonds. The molecule has 2 aromatic rings. The lowest BCUT2D eigenvalue weighted by atomic mass is 10.0. The van der Waals surface area contributed by atoms with Gasteiger partial charge in [-0.2, -0.15) is 0 Å². The Balaban J connectivity index is 1.79. The number of thiophene rings is 1. The monoisotopic (exact) mass is 344 g/mol. The Bertz CT molecular complexity index is 689. The fourth-order valence-corrected chi connectivity index (χ4v) is 4.25. The summed E-state index contributed by atoms with van der Waals surface area (Å²) in [4.78, 5) is 18.9. The fourth-order valence-electron chi connectivity index (χ4n) is 3.15. The number of carbonyl (C=O) groups is 1. The van der Waals surface area contributed by atoms with Crippen LogP contribution < -0.4 is 4.74 Å². The van der Waals surface area contributed by atoms with Crippen molar-refractivity contribution in [3.63, 3.8) is 0 Å². The van der Waals surface area contributed by atoms with Crippen LogP contribution in [0, 0.1) is 0 Å². The number of carbonyl (C=O) groups excluding carboxylic acids is 1. The molecule has 1 aromatic heterocycles. The van der Waals surface area contributed by atoms with Gasteiger partial charge in [0.05, 0.1) is 7.11 Å². The van der Waals surface area contributed by atoms with E-state index in [1.54, 1.807) is 7.11 Å². The van der Waals surface area contributed by atoms with Crippen LogP contribution in [-0.2, 0) is 0 Å². The molecule has 1 fully saturated rings. The van der Waals surface area contributed by atoms with E-state index in [4.69, 9.17) is 4.74 Å². The number of piperidine rings is 1. The van der Waals surface area contributed by atoms with Gasteiger partial charge in [0, 0.05) is 24.0 Å². The minimum Gasteiger partial charge on any atom is -0.495 e. The number of amides is 1. The molecule has 0 atom stereocenters. The van der Waals surface area contributed by atoms with E-state index in [1.807, 2.05) is 29.2 Å². The Morgan fingerprint density at radius 3 is 2.46 bits per heavy atom. The Labute approximate surface area is 147 Å². The molecule has 4 nitrogen and oxygen atoms in total. The zero-order chi connectivity index (χ0) is 17.1. The molecule has 2 heterocycles. The van der Waals surface area contributed by atoms with Gasteiger partial charge in [-0.25, -0.2) is 0 Å². The highest BCUT2D eigenvalue weighted by atomic mass is 32.1. The number of hydrogen-bond acceptors (Lipinski definition) is 4. The van der Waals surface area contributed by atoms with Crippen molar-refractivity contribution >= 4 is 17.2 Å². The van der Waals surface area contributed by atoms with Gasteiger partial charge in [0.25, 0.3) is 5.91 Å². The second-order valence-corrected chi connectivity index (χ2v) is 7.41. The Kier molecular flexibility index (Phi) is 5.21. The van der Waals surface area contributed by atoms with Crippen molar-refractivity contribution in [2.24, 2.45) is 0 Å². The van der Waals surface area contributed by atoms with Gasteiger partial charge in [0.2, 0.25) is 0 Å². The highest BCUT2D eigenvalue weighted by Gasteiger charge is 2.28. The van der Waals surface area contributed by atoms with Crippen molar-refractivity contribution in [1.82, 2.24) is 9.80 Å². The third-order valence-corrected chi connectivity index (χ3v) is 5.81. The van der Waals surface area contributed by atoms with Crippen molar-refractivity contribution < 1.29 is 9.53 Å². The molecule has 1 aliphatic rings. The standard InChI is InChI=1S/C19H24N2O2S/c1-20(2)15-9-11-21(12-10-15)19(22)18-16(23-3)13-17(24-18)14-7-5-4-6-8-14/h4-8,13,15H,9-12H2,1-3H3. The Hall–Kier alpha value is -1.85. The van der Waals surface area contributed by atoms with Crippen molar-refractivity contribution in [2.75, 3.05) is 34.3 Å². The SMILES string of the molecule is COc1cc(-c2ccccc2)sc1C(=O)N1CCC(N(C)C)CC1. The zero-order valence-electron chi connectivity index (χ0n) is 14.5. The first kappa shape index (κ1) is 17.0. The molecule has 24 heavy (non-hydrogen) atoms. The van der Waals surface area contributed by atoms with Crippen LogP contribution in [0.3, 0.4) is 0 Å². The number of nitrogens with zero attached hydrogens (tertiary/aromatic N) is 2. The minimum absolute atomic E-state index is 0.0937. The van der Waals surface area contributed by atoms with E-state index in [-0.39, 0.29) is 5.91 Å². The Morgan fingerprint density at radius 1 is 1.21 bits per heavy atom. The summed E-state index contributed by atoms with van der Waals surface area (Å²) in [5, 5.41) is 0. The third kappa shape index (κ3) is 3.47. The van der Waals surface area contributed by atoms with Crippen LogP contribution in [0.15, 0.2) is 36.4 Å². The maximum atomic E-state index is 12.9. The van der Waals surface area contributed by atoms with Crippen LogP contribution in [0.4, 0.5) is 0 Å². The van der Waals surface area contributed by atoms with Crippen molar-refractivity contribution in [3.05, 3.63) is 41.3 Å². The van der Waals surface area contributed by atoms with Gasteiger partial charge < -0.3 is 14.5 Å². The minimum atomic E-state index is 0.0937. The lowest BCUT2D eigenvalue weighted by molar-refractivity contribution is 0.0665.